The lowest BCUT2D eigenvalue weighted by Crippen LogP contribution is -2.31. The molecule has 0 saturated carbocycles. The minimum absolute atomic E-state index is 0.0625. The highest BCUT2D eigenvalue weighted by atomic mass is 32.2. The standard InChI is InChI=1S/C14H19NO5S/c1-2-3-8-15-13(16)10-21(19,20)9-11-6-4-5-7-12(11)14(17)18/h4-7H,2-3,8-10H2,1H3,(H,15,16)(H,17,18). The molecule has 1 rings (SSSR count). The zero-order valence-corrected chi connectivity index (χ0v) is 12.6. The predicted octanol–water partition coefficient (Wildman–Crippen LogP) is 1.22. The Labute approximate surface area is 124 Å². The van der Waals surface area contributed by atoms with E-state index in [4.69, 9.17) is 5.11 Å². The van der Waals surface area contributed by atoms with Gasteiger partial charge in [-0.05, 0) is 18.1 Å². The van der Waals surface area contributed by atoms with Crippen LogP contribution in [0.3, 0.4) is 0 Å². The van der Waals surface area contributed by atoms with Crippen molar-refractivity contribution < 1.29 is 23.1 Å². The first kappa shape index (κ1) is 17.2. The summed E-state index contributed by atoms with van der Waals surface area (Å²) in [5.41, 5.74) is 0.124. The zero-order valence-electron chi connectivity index (χ0n) is 11.8. The third kappa shape index (κ3) is 5.95. The van der Waals surface area contributed by atoms with Crippen LogP contribution in [0, 0.1) is 0 Å². The second-order valence-corrected chi connectivity index (χ2v) is 6.76. The molecule has 0 aliphatic heterocycles. The lowest BCUT2D eigenvalue weighted by Gasteiger charge is -2.08. The van der Waals surface area contributed by atoms with Gasteiger partial charge in [0.2, 0.25) is 5.91 Å². The quantitative estimate of drug-likeness (QED) is 0.703. The molecule has 1 aromatic rings. The number of rotatable bonds is 8. The van der Waals surface area contributed by atoms with E-state index in [2.05, 4.69) is 5.32 Å². The smallest absolute Gasteiger partial charge is 0.335 e. The summed E-state index contributed by atoms with van der Waals surface area (Å²) in [6.07, 6.45) is 1.69. The molecule has 0 saturated heterocycles. The topological polar surface area (TPSA) is 101 Å². The maximum Gasteiger partial charge on any atom is 0.335 e. The number of sulfone groups is 1. The molecule has 116 valence electrons. The Morgan fingerprint density at radius 2 is 1.90 bits per heavy atom. The van der Waals surface area contributed by atoms with Gasteiger partial charge in [-0.15, -0.1) is 0 Å². The third-order valence-electron chi connectivity index (χ3n) is 2.83. The molecule has 0 aliphatic carbocycles. The number of hydrogen-bond donors (Lipinski definition) is 2. The van der Waals surface area contributed by atoms with Crippen molar-refractivity contribution in [3.63, 3.8) is 0 Å². The Morgan fingerprint density at radius 1 is 1.24 bits per heavy atom. The van der Waals surface area contributed by atoms with Crippen LogP contribution < -0.4 is 5.32 Å². The van der Waals surface area contributed by atoms with Crippen LogP contribution in [0.5, 0.6) is 0 Å². The van der Waals surface area contributed by atoms with Crippen LogP contribution in [0.4, 0.5) is 0 Å². The number of unbranched alkanes of at least 4 members (excludes halogenated alkanes) is 1. The summed E-state index contributed by atoms with van der Waals surface area (Å²) < 4.78 is 23.9. The highest BCUT2D eigenvalue weighted by molar-refractivity contribution is 7.91. The maximum atomic E-state index is 12.0. The van der Waals surface area contributed by atoms with Gasteiger partial charge >= 0.3 is 5.97 Å². The van der Waals surface area contributed by atoms with Crippen LogP contribution in [-0.4, -0.2) is 37.7 Å². The van der Waals surface area contributed by atoms with Crippen LogP contribution in [0.2, 0.25) is 0 Å². The van der Waals surface area contributed by atoms with Gasteiger partial charge in [-0.3, -0.25) is 4.79 Å². The van der Waals surface area contributed by atoms with Crippen molar-refractivity contribution in [1.29, 1.82) is 0 Å². The summed E-state index contributed by atoms with van der Waals surface area (Å²) in [7, 11) is -3.70. The molecule has 0 heterocycles. The fourth-order valence-corrected chi connectivity index (χ4v) is 3.13. The van der Waals surface area contributed by atoms with Crippen molar-refractivity contribution in [2.45, 2.75) is 25.5 Å². The van der Waals surface area contributed by atoms with Gasteiger partial charge in [0.25, 0.3) is 0 Å². The Hall–Kier alpha value is -1.89. The van der Waals surface area contributed by atoms with E-state index in [1.165, 1.54) is 18.2 Å². The summed E-state index contributed by atoms with van der Waals surface area (Å²) in [4.78, 5) is 22.6. The molecule has 0 bridgehead atoms. The van der Waals surface area contributed by atoms with E-state index in [1.807, 2.05) is 6.92 Å². The molecule has 7 heteroatoms. The molecule has 0 unspecified atom stereocenters. The van der Waals surface area contributed by atoms with Crippen molar-refractivity contribution in [2.24, 2.45) is 0 Å². The molecular weight excluding hydrogens is 294 g/mol. The number of carboxylic acids is 1. The molecule has 0 fully saturated rings. The minimum Gasteiger partial charge on any atom is -0.478 e. The second kappa shape index (κ2) is 7.78. The number of carbonyl (C=O) groups is 2. The zero-order chi connectivity index (χ0) is 15.9. The first-order valence-electron chi connectivity index (χ1n) is 6.64. The molecule has 2 N–H and O–H groups in total. The summed E-state index contributed by atoms with van der Waals surface area (Å²) in [6.45, 7) is 2.41. The molecule has 1 aromatic carbocycles. The molecule has 1 amide bonds. The molecular formula is C14H19NO5S. The first-order chi connectivity index (χ1) is 9.85. The van der Waals surface area contributed by atoms with Gasteiger partial charge in [0.15, 0.2) is 9.84 Å². The largest absolute Gasteiger partial charge is 0.478 e. The lowest BCUT2D eigenvalue weighted by atomic mass is 10.1. The van der Waals surface area contributed by atoms with E-state index in [-0.39, 0.29) is 11.1 Å². The van der Waals surface area contributed by atoms with Crippen molar-refractivity contribution in [1.82, 2.24) is 5.32 Å². The predicted molar refractivity (Wildman–Crippen MR) is 78.8 cm³/mol. The van der Waals surface area contributed by atoms with Crippen LogP contribution in [0.25, 0.3) is 0 Å². The lowest BCUT2D eigenvalue weighted by molar-refractivity contribution is -0.118. The fraction of sp³-hybridized carbons (Fsp3) is 0.429. The van der Waals surface area contributed by atoms with Crippen LogP contribution >= 0.6 is 0 Å². The van der Waals surface area contributed by atoms with Crippen LogP contribution in [-0.2, 0) is 20.4 Å². The van der Waals surface area contributed by atoms with E-state index >= 15 is 0 Å². The van der Waals surface area contributed by atoms with Gasteiger partial charge in [-0.1, -0.05) is 31.5 Å². The Kier molecular flexibility index (Phi) is 6.36. The SMILES string of the molecule is CCCCNC(=O)CS(=O)(=O)Cc1ccccc1C(=O)O. The molecule has 6 nitrogen and oxygen atoms in total. The summed E-state index contributed by atoms with van der Waals surface area (Å²) in [6, 6.07) is 5.88. The van der Waals surface area contributed by atoms with E-state index < -0.39 is 33.2 Å². The molecule has 0 atom stereocenters. The molecule has 0 radical (unpaired) electrons. The summed E-state index contributed by atoms with van der Waals surface area (Å²) in [5, 5.41) is 11.5. The van der Waals surface area contributed by atoms with Crippen LogP contribution in [0.1, 0.15) is 35.7 Å². The number of aromatic carboxylic acids is 1. The van der Waals surface area contributed by atoms with Gasteiger partial charge in [0.1, 0.15) is 5.75 Å². The number of benzene rings is 1. The first-order valence-corrected chi connectivity index (χ1v) is 8.46. The molecule has 0 spiro atoms. The second-order valence-electron chi connectivity index (χ2n) is 4.70. The Bertz CT molecular complexity index is 610. The molecule has 0 aromatic heterocycles. The van der Waals surface area contributed by atoms with Gasteiger partial charge in [0.05, 0.1) is 11.3 Å². The minimum atomic E-state index is -3.70. The number of amides is 1. The van der Waals surface area contributed by atoms with Crippen molar-refractivity contribution in [3.8, 4) is 0 Å². The maximum absolute atomic E-state index is 12.0. The Morgan fingerprint density at radius 3 is 2.52 bits per heavy atom. The number of carboxylic acid groups (broad SMARTS) is 1. The van der Waals surface area contributed by atoms with E-state index in [0.29, 0.717) is 6.54 Å². The van der Waals surface area contributed by atoms with Gasteiger partial charge in [-0.25, -0.2) is 13.2 Å². The highest BCUT2D eigenvalue weighted by Crippen LogP contribution is 2.13. The average Bonchev–Trinajstić information content (AvgIpc) is 2.38. The van der Waals surface area contributed by atoms with Crippen molar-refractivity contribution >= 4 is 21.7 Å². The van der Waals surface area contributed by atoms with Gasteiger partial charge < -0.3 is 10.4 Å². The van der Waals surface area contributed by atoms with Crippen molar-refractivity contribution in [3.05, 3.63) is 35.4 Å². The molecule has 21 heavy (non-hydrogen) atoms. The van der Waals surface area contributed by atoms with E-state index in [0.717, 1.165) is 12.8 Å². The highest BCUT2D eigenvalue weighted by Gasteiger charge is 2.20. The average molecular weight is 313 g/mol. The monoisotopic (exact) mass is 313 g/mol. The number of hydrogen-bond acceptors (Lipinski definition) is 4. The molecule has 0 aliphatic rings. The summed E-state index contributed by atoms with van der Waals surface area (Å²) >= 11 is 0. The summed E-state index contributed by atoms with van der Waals surface area (Å²) in [5.74, 6) is -2.84. The fourth-order valence-electron chi connectivity index (χ4n) is 1.80. The van der Waals surface area contributed by atoms with E-state index in [1.54, 1.807) is 6.07 Å². The third-order valence-corrected chi connectivity index (χ3v) is 4.28. The normalized spacial score (nSPS) is 11.1. The Balaban J connectivity index is 2.73. The number of nitrogens with one attached hydrogen (secondary N) is 1. The van der Waals surface area contributed by atoms with Crippen molar-refractivity contribution in [2.75, 3.05) is 12.3 Å². The van der Waals surface area contributed by atoms with E-state index in [9.17, 15) is 18.0 Å². The van der Waals surface area contributed by atoms with Crippen LogP contribution in [0.15, 0.2) is 24.3 Å². The van der Waals surface area contributed by atoms with Gasteiger partial charge in [-0.2, -0.15) is 0 Å². The number of carbonyl (C=O) groups excluding carboxylic acids is 1. The van der Waals surface area contributed by atoms with Gasteiger partial charge in [0, 0.05) is 6.54 Å².